The summed E-state index contributed by atoms with van der Waals surface area (Å²) in [5.41, 5.74) is 4.90. The highest BCUT2D eigenvalue weighted by atomic mass is 19.1. The van der Waals surface area contributed by atoms with E-state index in [0.29, 0.717) is 6.42 Å². The maximum Gasteiger partial charge on any atom is 0.126 e. The van der Waals surface area contributed by atoms with Gasteiger partial charge < -0.3 is 0 Å². The normalized spacial score (nSPS) is 18.0. The Morgan fingerprint density at radius 3 is 2.83 bits per heavy atom. The molecule has 0 aromatic heterocycles. The van der Waals surface area contributed by atoms with Crippen LogP contribution in [0.25, 0.3) is 0 Å². The quantitative estimate of drug-likeness (QED) is 0.488. The van der Waals surface area contributed by atoms with Crippen LogP contribution in [-0.4, -0.2) is 6.04 Å². The summed E-state index contributed by atoms with van der Waals surface area (Å²) in [5.74, 6) is 5.49. The summed E-state index contributed by atoms with van der Waals surface area (Å²) in [7, 11) is 0. The van der Waals surface area contributed by atoms with Gasteiger partial charge in [0, 0.05) is 6.04 Å². The fourth-order valence-electron chi connectivity index (χ4n) is 2.54. The largest absolute Gasteiger partial charge is 0.271 e. The number of hydrazine groups is 1. The Morgan fingerprint density at radius 1 is 1.22 bits per heavy atom. The van der Waals surface area contributed by atoms with Gasteiger partial charge in [-0.25, -0.2) is 4.39 Å². The minimum atomic E-state index is -0.146. The van der Waals surface area contributed by atoms with Crippen molar-refractivity contribution in [3.63, 3.8) is 0 Å². The molecule has 1 aromatic carbocycles. The molecular formula is C15H21FN2. The van der Waals surface area contributed by atoms with Gasteiger partial charge in [0.1, 0.15) is 5.82 Å². The van der Waals surface area contributed by atoms with Crippen molar-refractivity contribution in [1.29, 1.82) is 0 Å². The van der Waals surface area contributed by atoms with Gasteiger partial charge in [-0.15, -0.1) is 0 Å². The molecule has 1 aliphatic carbocycles. The first-order chi connectivity index (χ1) is 8.81. The van der Waals surface area contributed by atoms with Gasteiger partial charge in [-0.1, -0.05) is 36.3 Å². The number of nitrogens with one attached hydrogen (secondary N) is 1. The zero-order valence-electron chi connectivity index (χ0n) is 10.7. The molecule has 3 N–H and O–H groups in total. The van der Waals surface area contributed by atoms with E-state index in [0.717, 1.165) is 18.4 Å². The molecule has 0 fully saturated rings. The van der Waals surface area contributed by atoms with E-state index in [1.165, 1.54) is 30.9 Å². The van der Waals surface area contributed by atoms with Crippen molar-refractivity contribution < 1.29 is 4.39 Å². The van der Waals surface area contributed by atoms with E-state index in [2.05, 4.69) is 11.5 Å². The summed E-state index contributed by atoms with van der Waals surface area (Å²) >= 11 is 0. The van der Waals surface area contributed by atoms with E-state index >= 15 is 0 Å². The van der Waals surface area contributed by atoms with Crippen molar-refractivity contribution in [1.82, 2.24) is 5.43 Å². The highest BCUT2D eigenvalue weighted by Crippen LogP contribution is 2.22. The van der Waals surface area contributed by atoms with Crippen LogP contribution in [0.3, 0.4) is 0 Å². The first-order valence-corrected chi connectivity index (χ1v) is 6.69. The van der Waals surface area contributed by atoms with Crippen LogP contribution in [0.2, 0.25) is 0 Å². The van der Waals surface area contributed by atoms with Gasteiger partial charge >= 0.3 is 0 Å². The first kappa shape index (κ1) is 13.2. The Bertz CT molecular complexity index is 415. The van der Waals surface area contributed by atoms with Crippen molar-refractivity contribution in [2.75, 3.05) is 0 Å². The third kappa shape index (κ3) is 3.40. The zero-order chi connectivity index (χ0) is 12.8. The van der Waals surface area contributed by atoms with E-state index in [1.54, 1.807) is 6.07 Å². The molecule has 0 saturated carbocycles. The molecule has 18 heavy (non-hydrogen) atoms. The second kappa shape index (κ2) is 6.66. The fourth-order valence-corrected chi connectivity index (χ4v) is 2.54. The van der Waals surface area contributed by atoms with Crippen molar-refractivity contribution in [3.05, 3.63) is 47.3 Å². The predicted octanol–water partition coefficient (Wildman–Crippen LogP) is 3.09. The van der Waals surface area contributed by atoms with E-state index in [1.807, 2.05) is 12.1 Å². The highest BCUT2D eigenvalue weighted by molar-refractivity contribution is 5.23. The maximum absolute atomic E-state index is 13.6. The molecule has 0 bridgehead atoms. The van der Waals surface area contributed by atoms with Crippen LogP contribution in [0, 0.1) is 5.82 Å². The molecule has 1 atom stereocenters. The number of allylic oxidation sites excluding steroid dienone is 1. The van der Waals surface area contributed by atoms with E-state index in [4.69, 9.17) is 5.84 Å². The molecule has 1 unspecified atom stereocenters. The zero-order valence-corrected chi connectivity index (χ0v) is 10.7. The second-order valence-electron chi connectivity index (χ2n) is 4.89. The van der Waals surface area contributed by atoms with Crippen molar-refractivity contribution in [2.24, 2.45) is 5.84 Å². The minimum absolute atomic E-state index is 0.0556. The van der Waals surface area contributed by atoms with Gasteiger partial charge in [-0.05, 0) is 43.7 Å². The molecule has 0 amide bonds. The van der Waals surface area contributed by atoms with E-state index in [-0.39, 0.29) is 11.9 Å². The first-order valence-electron chi connectivity index (χ1n) is 6.69. The Balaban J connectivity index is 2.09. The molecule has 98 valence electrons. The number of rotatable bonds is 4. The summed E-state index contributed by atoms with van der Waals surface area (Å²) in [6, 6.07) is 6.98. The molecule has 2 rings (SSSR count). The second-order valence-corrected chi connectivity index (χ2v) is 4.89. The Morgan fingerprint density at radius 2 is 2.06 bits per heavy atom. The Hall–Kier alpha value is -1.19. The van der Waals surface area contributed by atoms with Crippen LogP contribution in [-0.2, 0) is 6.42 Å². The third-order valence-electron chi connectivity index (χ3n) is 3.61. The fraction of sp³-hybridized carbons (Fsp3) is 0.467. The molecular weight excluding hydrogens is 227 g/mol. The third-order valence-corrected chi connectivity index (χ3v) is 3.61. The number of hydrogen-bond acceptors (Lipinski definition) is 2. The van der Waals surface area contributed by atoms with Crippen LogP contribution >= 0.6 is 0 Å². The summed E-state index contributed by atoms with van der Waals surface area (Å²) in [4.78, 5) is 0. The Labute approximate surface area is 108 Å². The summed E-state index contributed by atoms with van der Waals surface area (Å²) < 4.78 is 13.6. The van der Waals surface area contributed by atoms with Gasteiger partial charge in [0.05, 0.1) is 0 Å². The van der Waals surface area contributed by atoms with Crippen LogP contribution in [0.1, 0.15) is 37.7 Å². The lowest BCUT2D eigenvalue weighted by Gasteiger charge is -2.19. The molecule has 0 spiro atoms. The number of halogens is 1. The molecule has 2 nitrogen and oxygen atoms in total. The van der Waals surface area contributed by atoms with Crippen molar-refractivity contribution in [2.45, 2.75) is 44.6 Å². The van der Waals surface area contributed by atoms with Crippen LogP contribution in [0.5, 0.6) is 0 Å². The van der Waals surface area contributed by atoms with Gasteiger partial charge in [-0.2, -0.15) is 0 Å². The summed E-state index contributed by atoms with van der Waals surface area (Å²) in [6.45, 7) is 0. The monoisotopic (exact) mass is 248 g/mol. The molecule has 1 aliphatic rings. The number of benzene rings is 1. The molecule has 3 heteroatoms. The summed E-state index contributed by atoms with van der Waals surface area (Å²) in [6.07, 6.45) is 8.82. The lowest BCUT2D eigenvalue weighted by atomic mass is 9.96. The van der Waals surface area contributed by atoms with E-state index in [9.17, 15) is 4.39 Å². The van der Waals surface area contributed by atoms with Crippen LogP contribution < -0.4 is 11.3 Å². The highest BCUT2D eigenvalue weighted by Gasteiger charge is 2.16. The Kier molecular flexibility index (Phi) is 4.90. The van der Waals surface area contributed by atoms with Gasteiger partial charge in [0.25, 0.3) is 0 Å². The van der Waals surface area contributed by atoms with Crippen LogP contribution in [0.15, 0.2) is 35.9 Å². The molecule has 0 aliphatic heterocycles. The molecule has 0 radical (unpaired) electrons. The maximum atomic E-state index is 13.6. The van der Waals surface area contributed by atoms with Crippen molar-refractivity contribution >= 4 is 0 Å². The summed E-state index contributed by atoms with van der Waals surface area (Å²) in [5, 5.41) is 0. The molecule has 0 heterocycles. The molecule has 0 saturated heterocycles. The average Bonchev–Trinajstić information content (AvgIpc) is 2.67. The predicted molar refractivity (Wildman–Crippen MR) is 72.4 cm³/mol. The van der Waals surface area contributed by atoms with E-state index < -0.39 is 0 Å². The van der Waals surface area contributed by atoms with Gasteiger partial charge in [0.2, 0.25) is 0 Å². The minimum Gasteiger partial charge on any atom is -0.271 e. The number of hydrogen-bond donors (Lipinski definition) is 2. The lowest BCUT2D eigenvalue weighted by molar-refractivity contribution is 0.541. The SMILES string of the molecule is NNC(Cc1ccccc1F)C1=CCCCCC1. The topological polar surface area (TPSA) is 38.0 Å². The van der Waals surface area contributed by atoms with Gasteiger partial charge in [0.15, 0.2) is 0 Å². The number of nitrogens with two attached hydrogens (primary N) is 1. The van der Waals surface area contributed by atoms with Crippen LogP contribution in [0.4, 0.5) is 4.39 Å². The standard InChI is InChI=1S/C15H21FN2/c16-14-10-6-5-9-13(14)11-15(18-17)12-7-3-1-2-4-8-12/h5-7,9-10,15,18H,1-4,8,11,17H2. The van der Waals surface area contributed by atoms with Crippen molar-refractivity contribution in [3.8, 4) is 0 Å². The molecule has 1 aromatic rings. The smallest absolute Gasteiger partial charge is 0.126 e. The average molecular weight is 248 g/mol. The lowest BCUT2D eigenvalue weighted by Crippen LogP contribution is -2.38. The van der Waals surface area contributed by atoms with Gasteiger partial charge in [-0.3, -0.25) is 11.3 Å².